The summed E-state index contributed by atoms with van der Waals surface area (Å²) in [6.07, 6.45) is -0.509. The number of amides is 2. The van der Waals surface area contributed by atoms with Gasteiger partial charge in [-0.15, -0.1) is 0 Å². The zero-order chi connectivity index (χ0) is 13.0. The number of nitrogens with zero attached hydrogens (tertiary/aromatic N) is 2. The van der Waals surface area contributed by atoms with Crippen LogP contribution in [0.1, 0.15) is 6.92 Å². The highest BCUT2D eigenvalue weighted by molar-refractivity contribution is 5.89. The Morgan fingerprint density at radius 3 is 2.65 bits per heavy atom. The largest absolute Gasteiger partial charge is 0.372 e. The van der Waals surface area contributed by atoms with E-state index in [0.717, 1.165) is 0 Å². The molecule has 98 valence electrons. The van der Waals surface area contributed by atoms with E-state index in [1.807, 2.05) is 0 Å². The fourth-order valence-electron chi connectivity index (χ4n) is 1.82. The maximum absolute atomic E-state index is 12.1. The number of nitrogens with one attached hydrogen (secondary N) is 1. The van der Waals surface area contributed by atoms with Crippen LogP contribution in [0.2, 0.25) is 0 Å². The van der Waals surface area contributed by atoms with Crippen molar-refractivity contribution in [2.45, 2.75) is 19.1 Å². The summed E-state index contributed by atoms with van der Waals surface area (Å²) in [7, 11) is 4.88. The van der Waals surface area contributed by atoms with E-state index >= 15 is 0 Å². The molecular formula is C11H21N3O3. The van der Waals surface area contributed by atoms with Gasteiger partial charge >= 0.3 is 0 Å². The van der Waals surface area contributed by atoms with Crippen LogP contribution in [0.15, 0.2) is 0 Å². The van der Waals surface area contributed by atoms with Crippen LogP contribution < -0.4 is 5.32 Å². The van der Waals surface area contributed by atoms with Crippen LogP contribution in [0.3, 0.4) is 0 Å². The Bertz CT molecular complexity index is 294. The maximum atomic E-state index is 12.1. The number of likely N-dealkylation sites (N-methyl/N-ethyl adjacent to an activating group) is 1. The van der Waals surface area contributed by atoms with E-state index in [2.05, 4.69) is 5.32 Å². The molecule has 1 saturated heterocycles. The van der Waals surface area contributed by atoms with E-state index in [9.17, 15) is 9.59 Å². The van der Waals surface area contributed by atoms with E-state index in [0.29, 0.717) is 19.6 Å². The van der Waals surface area contributed by atoms with Gasteiger partial charge in [0.2, 0.25) is 5.91 Å². The zero-order valence-corrected chi connectivity index (χ0v) is 10.9. The molecule has 1 fully saturated rings. The molecule has 2 amide bonds. The smallest absolute Gasteiger partial charge is 0.252 e. The van der Waals surface area contributed by atoms with Crippen LogP contribution in [0.5, 0.6) is 0 Å². The molecule has 1 heterocycles. The SMILES string of the molecule is COC(C)C(=O)N1CCNCC1C(=O)N(C)C. The number of rotatable bonds is 3. The highest BCUT2D eigenvalue weighted by Crippen LogP contribution is 2.09. The number of methoxy groups -OCH3 is 1. The molecule has 6 heteroatoms. The quantitative estimate of drug-likeness (QED) is 0.684. The Hall–Kier alpha value is -1.14. The van der Waals surface area contributed by atoms with Gasteiger partial charge in [0.15, 0.2) is 0 Å². The van der Waals surface area contributed by atoms with E-state index in [1.54, 1.807) is 25.9 Å². The highest BCUT2D eigenvalue weighted by Gasteiger charge is 2.34. The molecule has 0 radical (unpaired) electrons. The lowest BCUT2D eigenvalue weighted by atomic mass is 10.1. The van der Waals surface area contributed by atoms with Gasteiger partial charge in [0.1, 0.15) is 12.1 Å². The molecule has 0 saturated carbocycles. The lowest BCUT2D eigenvalue weighted by Gasteiger charge is -2.37. The van der Waals surface area contributed by atoms with Gasteiger partial charge in [0.25, 0.3) is 5.91 Å². The summed E-state index contributed by atoms with van der Waals surface area (Å²) in [5.41, 5.74) is 0. The summed E-state index contributed by atoms with van der Waals surface area (Å²) in [4.78, 5) is 27.2. The standard InChI is InChI=1S/C11H21N3O3/c1-8(17-4)10(15)14-6-5-12-7-9(14)11(16)13(2)3/h8-9,12H,5-7H2,1-4H3. The van der Waals surface area contributed by atoms with Crippen LogP contribution in [0, 0.1) is 0 Å². The molecule has 0 aromatic heterocycles. The van der Waals surface area contributed by atoms with Gasteiger partial charge in [-0.05, 0) is 6.92 Å². The number of piperazine rings is 1. The first-order valence-electron chi connectivity index (χ1n) is 5.74. The second kappa shape index (κ2) is 5.97. The monoisotopic (exact) mass is 243 g/mol. The first-order chi connectivity index (χ1) is 7.99. The van der Waals surface area contributed by atoms with Gasteiger partial charge in [0.05, 0.1) is 0 Å². The summed E-state index contributed by atoms with van der Waals surface area (Å²) >= 11 is 0. The average molecular weight is 243 g/mol. The van der Waals surface area contributed by atoms with Crippen molar-refractivity contribution in [3.8, 4) is 0 Å². The molecule has 1 rings (SSSR count). The van der Waals surface area contributed by atoms with Crippen molar-refractivity contribution in [3.05, 3.63) is 0 Å². The van der Waals surface area contributed by atoms with Crippen LogP contribution in [-0.2, 0) is 14.3 Å². The molecule has 0 aliphatic carbocycles. The Balaban J connectivity index is 2.79. The highest BCUT2D eigenvalue weighted by atomic mass is 16.5. The second-order valence-corrected chi connectivity index (χ2v) is 4.36. The minimum atomic E-state index is -0.509. The Morgan fingerprint density at radius 1 is 1.47 bits per heavy atom. The molecule has 1 aliphatic rings. The number of carbonyl (C=O) groups excluding carboxylic acids is 2. The minimum absolute atomic E-state index is 0.0612. The fraction of sp³-hybridized carbons (Fsp3) is 0.818. The van der Waals surface area contributed by atoms with Gasteiger partial charge in [-0.1, -0.05) is 0 Å². The fourth-order valence-corrected chi connectivity index (χ4v) is 1.82. The summed E-state index contributed by atoms with van der Waals surface area (Å²) in [6, 6.07) is -0.427. The normalized spacial score (nSPS) is 22.1. The van der Waals surface area contributed by atoms with E-state index < -0.39 is 12.1 Å². The predicted molar refractivity (Wildman–Crippen MR) is 63.5 cm³/mol. The van der Waals surface area contributed by atoms with Crippen molar-refractivity contribution in [2.24, 2.45) is 0 Å². The predicted octanol–water partition coefficient (Wildman–Crippen LogP) is -1.09. The van der Waals surface area contributed by atoms with Crippen LogP contribution in [0.25, 0.3) is 0 Å². The van der Waals surface area contributed by atoms with Crippen molar-refractivity contribution >= 4 is 11.8 Å². The molecule has 0 aromatic rings. The van der Waals surface area contributed by atoms with Crippen LogP contribution in [0.4, 0.5) is 0 Å². The lowest BCUT2D eigenvalue weighted by Crippen LogP contribution is -2.61. The molecule has 1 aliphatic heterocycles. The number of ether oxygens (including phenoxy) is 1. The van der Waals surface area contributed by atoms with Crippen molar-refractivity contribution in [1.82, 2.24) is 15.1 Å². The molecule has 0 aromatic carbocycles. The lowest BCUT2D eigenvalue weighted by molar-refractivity contribution is -0.151. The second-order valence-electron chi connectivity index (χ2n) is 4.36. The Labute approximate surface area is 102 Å². The third-order valence-electron chi connectivity index (χ3n) is 2.95. The molecule has 2 unspecified atom stereocenters. The molecule has 2 atom stereocenters. The van der Waals surface area contributed by atoms with Gasteiger partial charge in [0, 0.05) is 40.8 Å². The van der Waals surface area contributed by atoms with Crippen molar-refractivity contribution in [3.63, 3.8) is 0 Å². The Morgan fingerprint density at radius 2 is 2.12 bits per heavy atom. The van der Waals surface area contributed by atoms with Crippen LogP contribution in [-0.4, -0.2) is 74.6 Å². The molecule has 0 spiro atoms. The first kappa shape index (κ1) is 13.9. The maximum Gasteiger partial charge on any atom is 0.252 e. The first-order valence-corrected chi connectivity index (χ1v) is 5.74. The summed E-state index contributed by atoms with van der Waals surface area (Å²) in [5.74, 6) is -0.192. The topological polar surface area (TPSA) is 61.9 Å². The molecule has 6 nitrogen and oxygen atoms in total. The third-order valence-corrected chi connectivity index (χ3v) is 2.95. The molecule has 0 bridgehead atoms. The zero-order valence-electron chi connectivity index (χ0n) is 10.9. The summed E-state index contributed by atoms with van der Waals surface area (Å²) < 4.78 is 5.02. The van der Waals surface area contributed by atoms with Gasteiger partial charge in [-0.3, -0.25) is 9.59 Å². The number of carbonyl (C=O) groups is 2. The summed E-state index contributed by atoms with van der Waals surface area (Å²) in [6.45, 7) is 3.44. The van der Waals surface area contributed by atoms with Gasteiger partial charge < -0.3 is 19.9 Å². The van der Waals surface area contributed by atoms with E-state index in [1.165, 1.54) is 12.0 Å². The van der Waals surface area contributed by atoms with Crippen molar-refractivity contribution in [1.29, 1.82) is 0 Å². The van der Waals surface area contributed by atoms with E-state index in [-0.39, 0.29) is 11.8 Å². The number of hydrogen-bond donors (Lipinski definition) is 1. The van der Waals surface area contributed by atoms with Crippen molar-refractivity contribution < 1.29 is 14.3 Å². The Kier molecular flexibility index (Phi) is 4.89. The van der Waals surface area contributed by atoms with E-state index in [4.69, 9.17) is 4.74 Å². The minimum Gasteiger partial charge on any atom is -0.372 e. The van der Waals surface area contributed by atoms with Gasteiger partial charge in [-0.25, -0.2) is 0 Å². The number of hydrogen-bond acceptors (Lipinski definition) is 4. The molecule has 1 N–H and O–H groups in total. The van der Waals surface area contributed by atoms with Gasteiger partial charge in [-0.2, -0.15) is 0 Å². The molecular weight excluding hydrogens is 222 g/mol. The van der Waals surface area contributed by atoms with Crippen molar-refractivity contribution in [2.75, 3.05) is 40.8 Å². The summed E-state index contributed by atoms with van der Waals surface area (Å²) in [5, 5.41) is 3.13. The third kappa shape index (κ3) is 3.17. The average Bonchev–Trinajstić information content (AvgIpc) is 2.35. The molecule has 17 heavy (non-hydrogen) atoms. The van der Waals surface area contributed by atoms with Crippen LogP contribution >= 0.6 is 0 Å².